The zero-order valence-electron chi connectivity index (χ0n) is 20.3. The number of hydrogen-bond donors (Lipinski definition) is 0. The van der Waals surface area contributed by atoms with E-state index in [2.05, 4.69) is 0 Å². The van der Waals surface area contributed by atoms with Gasteiger partial charge in [0.1, 0.15) is 6.10 Å². The zero-order valence-corrected chi connectivity index (χ0v) is 20.3. The molecular weight excluding hydrogens is 477 g/mol. The lowest BCUT2D eigenvalue weighted by Gasteiger charge is -2.37. The van der Waals surface area contributed by atoms with Crippen molar-refractivity contribution in [3.05, 3.63) is 0 Å². The molecule has 3 heterocycles. The molecule has 4 fully saturated rings. The van der Waals surface area contributed by atoms with Crippen LogP contribution in [0, 0.1) is 11.3 Å². The molecule has 12 heteroatoms. The number of carbonyl (C=O) groups excluding carboxylic acids is 3. The van der Waals surface area contributed by atoms with E-state index in [1.165, 1.54) is 0 Å². The maximum absolute atomic E-state index is 13.0. The Balaban J connectivity index is 1.34. The molecule has 4 aliphatic rings. The van der Waals surface area contributed by atoms with Crippen molar-refractivity contribution >= 4 is 17.9 Å². The molecule has 5 atom stereocenters. The van der Waals surface area contributed by atoms with Crippen LogP contribution in [0.3, 0.4) is 0 Å². The van der Waals surface area contributed by atoms with Crippen LogP contribution in [-0.4, -0.2) is 66.2 Å². The standard InChI is InChI=1S/C23H31F3O9/c1-6-20(2,3)19(29)32-14-12-13(30-17(14)28)15-18(31-12)35-22(33-15)9-7-11(8-10-22)16(27)34-21(4,5)23(24,25)26/h11-15,18H,6-10H2,1-5H3. The Kier molecular flexibility index (Phi) is 6.41. The van der Waals surface area contributed by atoms with Crippen LogP contribution in [0.25, 0.3) is 0 Å². The van der Waals surface area contributed by atoms with E-state index < -0.39 is 77.5 Å². The zero-order chi connectivity index (χ0) is 26.0. The van der Waals surface area contributed by atoms with Gasteiger partial charge in [-0.15, -0.1) is 0 Å². The van der Waals surface area contributed by atoms with E-state index >= 15 is 0 Å². The molecule has 0 radical (unpaired) electrons. The molecule has 198 valence electrons. The highest BCUT2D eigenvalue weighted by Crippen LogP contribution is 2.49. The number of halogens is 3. The predicted molar refractivity (Wildman–Crippen MR) is 109 cm³/mol. The first kappa shape index (κ1) is 26.2. The third kappa shape index (κ3) is 4.64. The molecule has 4 rings (SSSR count). The average molecular weight is 508 g/mol. The van der Waals surface area contributed by atoms with Gasteiger partial charge in [0, 0.05) is 12.8 Å². The molecule has 0 aromatic rings. The molecule has 3 saturated heterocycles. The second kappa shape index (κ2) is 8.58. The summed E-state index contributed by atoms with van der Waals surface area (Å²) in [6, 6.07) is 0. The number of fused-ring (bicyclic) bond motifs is 3. The van der Waals surface area contributed by atoms with Crippen molar-refractivity contribution < 1.29 is 56.0 Å². The Bertz CT molecular complexity index is 876. The topological polar surface area (TPSA) is 107 Å². The Morgan fingerprint density at radius 3 is 2.23 bits per heavy atom. The minimum atomic E-state index is -4.68. The summed E-state index contributed by atoms with van der Waals surface area (Å²) in [6.07, 6.45) is -7.86. The minimum absolute atomic E-state index is 0.201. The van der Waals surface area contributed by atoms with Crippen molar-refractivity contribution in [2.75, 3.05) is 0 Å². The fraction of sp³-hybridized carbons (Fsp3) is 0.870. The Hall–Kier alpha value is -1.92. The van der Waals surface area contributed by atoms with E-state index in [9.17, 15) is 27.6 Å². The second-order valence-corrected chi connectivity index (χ2v) is 10.7. The number of esters is 3. The lowest BCUT2D eigenvalue weighted by Crippen LogP contribution is -2.46. The molecule has 0 amide bonds. The van der Waals surface area contributed by atoms with Gasteiger partial charge in [0.25, 0.3) is 0 Å². The van der Waals surface area contributed by atoms with Gasteiger partial charge < -0.3 is 28.4 Å². The number of rotatable bonds is 5. The highest BCUT2D eigenvalue weighted by molar-refractivity contribution is 5.84. The van der Waals surface area contributed by atoms with Crippen LogP contribution < -0.4 is 0 Å². The molecule has 0 aromatic carbocycles. The summed E-state index contributed by atoms with van der Waals surface area (Å²) in [5, 5.41) is 0. The van der Waals surface area contributed by atoms with Crippen molar-refractivity contribution in [2.45, 2.75) is 115 Å². The van der Waals surface area contributed by atoms with Crippen LogP contribution in [0.1, 0.15) is 66.7 Å². The number of hydrogen-bond acceptors (Lipinski definition) is 9. The smallest absolute Gasteiger partial charge is 0.427 e. The fourth-order valence-electron chi connectivity index (χ4n) is 4.53. The average Bonchev–Trinajstić information content (AvgIpc) is 3.35. The molecule has 5 unspecified atom stereocenters. The lowest BCUT2D eigenvalue weighted by molar-refractivity contribution is -0.264. The fourth-order valence-corrected chi connectivity index (χ4v) is 4.53. The lowest BCUT2D eigenvalue weighted by atomic mass is 9.85. The largest absolute Gasteiger partial charge is 0.454 e. The van der Waals surface area contributed by atoms with E-state index in [-0.39, 0.29) is 25.7 Å². The number of ether oxygens (including phenoxy) is 6. The van der Waals surface area contributed by atoms with Crippen molar-refractivity contribution in [3.63, 3.8) is 0 Å². The highest BCUT2D eigenvalue weighted by atomic mass is 19.4. The maximum Gasteiger partial charge on any atom is 0.427 e. The second-order valence-electron chi connectivity index (χ2n) is 10.7. The molecule has 0 bridgehead atoms. The summed E-state index contributed by atoms with van der Waals surface area (Å²) in [7, 11) is 0. The minimum Gasteiger partial charge on any atom is -0.454 e. The molecule has 9 nitrogen and oxygen atoms in total. The first-order chi connectivity index (χ1) is 16.1. The van der Waals surface area contributed by atoms with E-state index in [0.29, 0.717) is 6.42 Å². The quantitative estimate of drug-likeness (QED) is 0.409. The molecule has 1 saturated carbocycles. The van der Waals surface area contributed by atoms with Gasteiger partial charge in [-0.2, -0.15) is 13.2 Å². The van der Waals surface area contributed by atoms with E-state index in [4.69, 9.17) is 28.4 Å². The van der Waals surface area contributed by atoms with E-state index in [0.717, 1.165) is 13.8 Å². The van der Waals surface area contributed by atoms with Gasteiger partial charge in [-0.3, -0.25) is 9.59 Å². The molecule has 0 aromatic heterocycles. The third-order valence-electron chi connectivity index (χ3n) is 7.46. The normalized spacial score (nSPS) is 37.1. The van der Waals surface area contributed by atoms with Gasteiger partial charge >= 0.3 is 24.1 Å². The molecular formula is C23H31F3O9. The molecule has 1 aliphatic carbocycles. The Morgan fingerprint density at radius 2 is 1.66 bits per heavy atom. The molecule has 3 aliphatic heterocycles. The molecule has 0 N–H and O–H groups in total. The van der Waals surface area contributed by atoms with Crippen molar-refractivity contribution in [3.8, 4) is 0 Å². The van der Waals surface area contributed by atoms with Gasteiger partial charge in [0.05, 0.1) is 11.3 Å². The van der Waals surface area contributed by atoms with E-state index in [1.807, 2.05) is 6.92 Å². The van der Waals surface area contributed by atoms with Crippen LogP contribution in [0.5, 0.6) is 0 Å². The van der Waals surface area contributed by atoms with Gasteiger partial charge in [-0.25, -0.2) is 4.79 Å². The molecule has 1 spiro atoms. The first-order valence-corrected chi connectivity index (χ1v) is 11.8. The van der Waals surface area contributed by atoms with Crippen molar-refractivity contribution in [1.29, 1.82) is 0 Å². The summed E-state index contributed by atoms with van der Waals surface area (Å²) < 4.78 is 72.7. The van der Waals surface area contributed by atoms with Crippen molar-refractivity contribution in [2.24, 2.45) is 11.3 Å². The maximum atomic E-state index is 13.0. The third-order valence-corrected chi connectivity index (χ3v) is 7.46. The van der Waals surface area contributed by atoms with Gasteiger partial charge in [0.15, 0.2) is 24.3 Å². The Morgan fingerprint density at radius 1 is 1.03 bits per heavy atom. The van der Waals surface area contributed by atoms with Crippen LogP contribution in [0.4, 0.5) is 13.2 Å². The SMILES string of the molecule is CCC(C)(C)C(=O)OC1C(=O)OC2C3OC4(CCC(C(=O)OC(C)(C)C(F)(F)F)CC4)OC3OC12. The van der Waals surface area contributed by atoms with E-state index in [1.54, 1.807) is 13.8 Å². The van der Waals surface area contributed by atoms with Crippen LogP contribution in [0.15, 0.2) is 0 Å². The number of alkyl halides is 3. The predicted octanol–water partition coefficient (Wildman–Crippen LogP) is 3.17. The monoisotopic (exact) mass is 508 g/mol. The van der Waals surface area contributed by atoms with Gasteiger partial charge in [-0.1, -0.05) is 6.92 Å². The summed E-state index contributed by atoms with van der Waals surface area (Å²) in [5.74, 6) is -4.01. The van der Waals surface area contributed by atoms with Crippen molar-refractivity contribution in [1.82, 2.24) is 0 Å². The first-order valence-electron chi connectivity index (χ1n) is 11.8. The summed E-state index contributed by atoms with van der Waals surface area (Å²) >= 11 is 0. The van der Waals surface area contributed by atoms with Gasteiger partial charge in [-0.05, 0) is 47.0 Å². The van der Waals surface area contributed by atoms with Crippen LogP contribution >= 0.6 is 0 Å². The Labute approximate surface area is 200 Å². The number of carbonyl (C=O) groups is 3. The highest BCUT2D eigenvalue weighted by Gasteiger charge is 2.66. The van der Waals surface area contributed by atoms with Crippen LogP contribution in [0.2, 0.25) is 0 Å². The summed E-state index contributed by atoms with van der Waals surface area (Å²) in [6.45, 7) is 6.88. The summed E-state index contributed by atoms with van der Waals surface area (Å²) in [5.41, 5.74) is -3.36. The summed E-state index contributed by atoms with van der Waals surface area (Å²) in [4.78, 5) is 37.2. The molecule has 35 heavy (non-hydrogen) atoms. The van der Waals surface area contributed by atoms with Crippen LogP contribution in [-0.2, 0) is 42.8 Å². The van der Waals surface area contributed by atoms with Gasteiger partial charge in [0.2, 0.25) is 11.7 Å².